The fourth-order valence-corrected chi connectivity index (χ4v) is 3.87. The molecule has 9 nitrogen and oxygen atoms in total. The second-order valence-electron chi connectivity index (χ2n) is 7.61. The smallest absolute Gasteiger partial charge is 0.278 e. The highest BCUT2D eigenvalue weighted by molar-refractivity contribution is 6.31. The van der Waals surface area contributed by atoms with Gasteiger partial charge in [0, 0.05) is 11.2 Å². The molecule has 0 unspecified atom stereocenters. The molecule has 1 aliphatic rings. The second kappa shape index (κ2) is 6.47. The highest BCUT2D eigenvalue weighted by Crippen LogP contribution is 2.44. The molecule has 0 saturated heterocycles. The van der Waals surface area contributed by atoms with Gasteiger partial charge in [0.15, 0.2) is 0 Å². The van der Waals surface area contributed by atoms with Gasteiger partial charge in [-0.25, -0.2) is 4.98 Å². The van der Waals surface area contributed by atoms with E-state index in [2.05, 4.69) is 20.1 Å². The van der Waals surface area contributed by atoms with E-state index in [1.54, 1.807) is 33.6 Å². The SMILES string of the molecule is O=c1c2c(-c3noc(C4(O)CC4)n3)ncn2c2ccc(Cl)cc2n1Cc1ccccn1. The molecule has 4 heterocycles. The molecule has 1 fully saturated rings. The maximum Gasteiger partial charge on any atom is 0.278 e. The zero-order valence-electron chi connectivity index (χ0n) is 16.1. The number of rotatable bonds is 4. The van der Waals surface area contributed by atoms with Crippen molar-refractivity contribution in [1.82, 2.24) is 29.1 Å². The Morgan fingerprint density at radius 3 is 2.81 bits per heavy atom. The summed E-state index contributed by atoms with van der Waals surface area (Å²) < 4.78 is 8.54. The summed E-state index contributed by atoms with van der Waals surface area (Å²) in [6.07, 6.45) is 4.37. The number of nitrogens with zero attached hydrogens (tertiary/aromatic N) is 6. The largest absolute Gasteiger partial charge is 0.380 e. The molecule has 154 valence electrons. The molecular weight excluding hydrogens is 420 g/mol. The Kier molecular flexibility index (Phi) is 3.80. The third kappa shape index (κ3) is 2.85. The summed E-state index contributed by atoms with van der Waals surface area (Å²) in [5, 5.41) is 14.7. The number of aromatic nitrogens is 6. The maximum atomic E-state index is 13.6. The molecule has 0 aliphatic heterocycles. The maximum absolute atomic E-state index is 13.6. The first-order valence-electron chi connectivity index (χ1n) is 9.69. The van der Waals surface area contributed by atoms with Crippen molar-refractivity contribution in [3.05, 3.63) is 75.9 Å². The van der Waals surface area contributed by atoms with E-state index in [4.69, 9.17) is 16.1 Å². The lowest BCUT2D eigenvalue weighted by molar-refractivity contribution is 0.108. The summed E-state index contributed by atoms with van der Waals surface area (Å²) >= 11 is 6.24. The van der Waals surface area contributed by atoms with Gasteiger partial charge in [-0.1, -0.05) is 22.8 Å². The summed E-state index contributed by atoms with van der Waals surface area (Å²) in [4.78, 5) is 26.7. The van der Waals surface area contributed by atoms with Crippen molar-refractivity contribution in [3.63, 3.8) is 0 Å². The molecule has 1 N–H and O–H groups in total. The van der Waals surface area contributed by atoms with Gasteiger partial charge >= 0.3 is 0 Å². The van der Waals surface area contributed by atoms with Crippen molar-refractivity contribution >= 4 is 28.2 Å². The van der Waals surface area contributed by atoms with E-state index in [9.17, 15) is 9.90 Å². The van der Waals surface area contributed by atoms with Gasteiger partial charge in [0.2, 0.25) is 5.82 Å². The number of hydrogen-bond acceptors (Lipinski definition) is 7. The average Bonchev–Trinajstić information content (AvgIpc) is 3.18. The molecule has 6 rings (SSSR count). The Labute approximate surface area is 179 Å². The van der Waals surface area contributed by atoms with Crippen LogP contribution in [0.25, 0.3) is 28.1 Å². The Morgan fingerprint density at radius 2 is 2.03 bits per heavy atom. The van der Waals surface area contributed by atoms with Crippen molar-refractivity contribution in [2.24, 2.45) is 0 Å². The van der Waals surface area contributed by atoms with Crippen LogP contribution in [-0.2, 0) is 12.1 Å². The van der Waals surface area contributed by atoms with Crippen LogP contribution < -0.4 is 5.56 Å². The van der Waals surface area contributed by atoms with E-state index in [-0.39, 0.29) is 29.5 Å². The summed E-state index contributed by atoms with van der Waals surface area (Å²) in [6.45, 7) is 0.259. The minimum absolute atomic E-state index is 0.144. The molecule has 1 saturated carbocycles. The van der Waals surface area contributed by atoms with Crippen molar-refractivity contribution < 1.29 is 9.63 Å². The number of benzene rings is 1. The summed E-state index contributed by atoms with van der Waals surface area (Å²) in [5.74, 6) is 0.303. The zero-order valence-corrected chi connectivity index (χ0v) is 16.8. The first kappa shape index (κ1) is 18.2. The summed E-state index contributed by atoms with van der Waals surface area (Å²) in [7, 11) is 0. The van der Waals surface area contributed by atoms with E-state index in [1.807, 2.05) is 24.3 Å². The fraction of sp³-hybridized carbons (Fsp3) is 0.190. The van der Waals surface area contributed by atoms with Crippen LogP contribution in [0.3, 0.4) is 0 Å². The summed E-state index contributed by atoms with van der Waals surface area (Å²) in [5.41, 5.74) is 1.37. The quantitative estimate of drug-likeness (QED) is 0.463. The van der Waals surface area contributed by atoms with E-state index < -0.39 is 5.60 Å². The highest BCUT2D eigenvalue weighted by atomic mass is 35.5. The Balaban J connectivity index is 1.61. The normalized spacial score (nSPS) is 15.0. The van der Waals surface area contributed by atoms with Gasteiger partial charge in [-0.15, -0.1) is 0 Å². The van der Waals surface area contributed by atoms with Crippen LogP contribution in [0.5, 0.6) is 0 Å². The number of halogens is 1. The molecule has 31 heavy (non-hydrogen) atoms. The topological polar surface area (TPSA) is 111 Å². The minimum atomic E-state index is -1.07. The third-order valence-electron chi connectivity index (χ3n) is 5.51. The van der Waals surface area contributed by atoms with Gasteiger partial charge in [0.1, 0.15) is 23.1 Å². The van der Waals surface area contributed by atoms with Gasteiger partial charge in [-0.2, -0.15) is 4.98 Å². The lowest BCUT2D eigenvalue weighted by Crippen LogP contribution is -2.24. The predicted molar refractivity (Wildman–Crippen MR) is 112 cm³/mol. The van der Waals surface area contributed by atoms with Gasteiger partial charge < -0.3 is 9.63 Å². The number of hydrogen-bond donors (Lipinski definition) is 1. The van der Waals surface area contributed by atoms with Gasteiger partial charge in [0.25, 0.3) is 11.4 Å². The number of imidazole rings is 1. The van der Waals surface area contributed by atoms with Crippen LogP contribution in [0.2, 0.25) is 5.02 Å². The van der Waals surface area contributed by atoms with Crippen LogP contribution in [0.1, 0.15) is 24.4 Å². The molecule has 0 bridgehead atoms. The molecule has 0 spiro atoms. The number of pyridine rings is 1. The lowest BCUT2D eigenvalue weighted by Gasteiger charge is -2.12. The van der Waals surface area contributed by atoms with Crippen LogP contribution in [0.4, 0.5) is 0 Å². The standard InChI is InChI=1S/C21H15ClN6O3/c22-12-4-5-14-15(9-12)27(10-13-3-1-2-8-23-13)19(29)17-16(24-11-28(14)17)18-25-20(31-26-18)21(30)6-7-21/h1-5,8-9,11,30H,6-7,10H2. The monoisotopic (exact) mass is 434 g/mol. The van der Waals surface area contributed by atoms with Crippen LogP contribution in [0, 0.1) is 0 Å². The van der Waals surface area contributed by atoms with Crippen molar-refractivity contribution in [2.45, 2.75) is 25.0 Å². The van der Waals surface area contributed by atoms with Crippen molar-refractivity contribution in [1.29, 1.82) is 0 Å². The van der Waals surface area contributed by atoms with Gasteiger partial charge in [0.05, 0.1) is 23.3 Å². The van der Waals surface area contributed by atoms with Crippen LogP contribution >= 0.6 is 11.6 Å². The third-order valence-corrected chi connectivity index (χ3v) is 5.74. The van der Waals surface area contributed by atoms with Gasteiger partial charge in [-0.3, -0.25) is 18.7 Å². The van der Waals surface area contributed by atoms with Crippen LogP contribution in [0.15, 0.2) is 58.2 Å². The lowest BCUT2D eigenvalue weighted by atomic mass is 10.2. The minimum Gasteiger partial charge on any atom is -0.380 e. The molecular formula is C21H15ClN6O3. The molecule has 5 aromatic rings. The van der Waals surface area contributed by atoms with Crippen molar-refractivity contribution in [2.75, 3.05) is 0 Å². The highest BCUT2D eigenvalue weighted by Gasteiger charge is 2.48. The number of fused-ring (bicyclic) bond motifs is 3. The molecule has 0 atom stereocenters. The predicted octanol–water partition coefficient (Wildman–Crippen LogP) is 2.78. The Hall–Kier alpha value is -3.56. The Morgan fingerprint density at radius 1 is 1.16 bits per heavy atom. The van der Waals surface area contributed by atoms with Gasteiger partial charge in [-0.05, 0) is 43.2 Å². The molecule has 0 amide bonds. The molecule has 4 aromatic heterocycles. The van der Waals surface area contributed by atoms with Crippen molar-refractivity contribution in [3.8, 4) is 11.5 Å². The van der Waals surface area contributed by atoms with E-state index in [0.717, 1.165) is 11.2 Å². The first-order valence-corrected chi connectivity index (χ1v) is 10.1. The molecule has 10 heteroatoms. The average molecular weight is 435 g/mol. The Bertz CT molecular complexity index is 1520. The number of aliphatic hydroxyl groups is 1. The second-order valence-corrected chi connectivity index (χ2v) is 8.05. The zero-order chi connectivity index (χ0) is 21.2. The fourth-order valence-electron chi connectivity index (χ4n) is 3.70. The molecule has 1 aliphatic carbocycles. The van der Waals surface area contributed by atoms with Crippen LogP contribution in [-0.4, -0.2) is 34.2 Å². The van der Waals surface area contributed by atoms with E-state index in [0.29, 0.717) is 28.9 Å². The van der Waals surface area contributed by atoms with E-state index in [1.165, 1.54) is 0 Å². The molecule has 0 radical (unpaired) electrons. The molecule has 1 aromatic carbocycles. The van der Waals surface area contributed by atoms with E-state index >= 15 is 0 Å². The summed E-state index contributed by atoms with van der Waals surface area (Å²) in [6, 6.07) is 10.9. The first-order chi connectivity index (χ1) is 15.0.